The van der Waals surface area contributed by atoms with E-state index in [2.05, 4.69) is 27.9 Å². The Labute approximate surface area is 208 Å². The van der Waals surface area contributed by atoms with E-state index in [9.17, 15) is 14.3 Å². The molecule has 3 unspecified atom stereocenters. The van der Waals surface area contributed by atoms with Gasteiger partial charge in [0, 0.05) is 37.2 Å². The molecule has 2 heterocycles. The first kappa shape index (κ1) is 25.8. The van der Waals surface area contributed by atoms with Gasteiger partial charge in [0.05, 0.1) is 5.69 Å². The van der Waals surface area contributed by atoms with Crippen LogP contribution in [-0.2, 0) is 17.8 Å². The fourth-order valence-corrected chi connectivity index (χ4v) is 5.94. The van der Waals surface area contributed by atoms with Gasteiger partial charge in [-0.05, 0) is 87.7 Å². The van der Waals surface area contributed by atoms with Crippen LogP contribution in [0.4, 0.5) is 4.39 Å². The van der Waals surface area contributed by atoms with Crippen LogP contribution in [-0.4, -0.2) is 57.5 Å². The molecule has 7 heteroatoms. The molecule has 4 rings (SSSR count). The summed E-state index contributed by atoms with van der Waals surface area (Å²) in [7, 11) is 0. The standard InChI is InChI=1S/C28H41FN4O2/c1-4-33-26(17-25(31-33)15-20-5-8-23(29)9-6-20)22-11-13-32(14-12-22)18-21-7-10-24(16-21)30-27(19(2)3)28(34)35/h5-6,8-9,17,19,21-22,24,27,30H,4,7,10-16,18H2,1-3H3,(H,34,35). The van der Waals surface area contributed by atoms with Crippen molar-refractivity contribution in [3.05, 3.63) is 53.1 Å². The van der Waals surface area contributed by atoms with Crippen LogP contribution < -0.4 is 5.32 Å². The fraction of sp³-hybridized carbons (Fsp3) is 0.643. The Bertz CT molecular complexity index is 966. The molecule has 0 bridgehead atoms. The summed E-state index contributed by atoms with van der Waals surface area (Å²) in [5.74, 6) is 0.330. The summed E-state index contributed by atoms with van der Waals surface area (Å²) in [6.45, 7) is 10.3. The molecule has 0 amide bonds. The average molecular weight is 485 g/mol. The van der Waals surface area contributed by atoms with Crippen molar-refractivity contribution in [2.45, 2.75) is 83.8 Å². The normalized spacial score (nSPS) is 22.7. The lowest BCUT2D eigenvalue weighted by Gasteiger charge is -2.33. The average Bonchev–Trinajstić information content (AvgIpc) is 3.45. The number of halogens is 1. The Morgan fingerprint density at radius 2 is 1.89 bits per heavy atom. The molecular weight excluding hydrogens is 443 g/mol. The lowest BCUT2D eigenvalue weighted by Crippen LogP contribution is -2.45. The number of rotatable bonds is 10. The number of carbonyl (C=O) groups is 1. The number of aliphatic carboxylic acids is 1. The van der Waals surface area contributed by atoms with E-state index in [-0.39, 0.29) is 11.7 Å². The van der Waals surface area contributed by atoms with Crippen molar-refractivity contribution >= 4 is 5.97 Å². The number of likely N-dealkylation sites (tertiary alicyclic amines) is 1. The molecule has 1 aromatic heterocycles. The Hall–Kier alpha value is -2.25. The van der Waals surface area contributed by atoms with Gasteiger partial charge in [-0.3, -0.25) is 9.48 Å². The lowest BCUT2D eigenvalue weighted by molar-refractivity contribution is -0.140. The van der Waals surface area contributed by atoms with E-state index in [1.54, 1.807) is 0 Å². The van der Waals surface area contributed by atoms with Crippen LogP contribution in [0, 0.1) is 17.7 Å². The largest absolute Gasteiger partial charge is 0.480 e. The Morgan fingerprint density at radius 3 is 2.51 bits per heavy atom. The summed E-state index contributed by atoms with van der Waals surface area (Å²) >= 11 is 0. The minimum atomic E-state index is -0.738. The monoisotopic (exact) mass is 484 g/mol. The van der Waals surface area contributed by atoms with Crippen molar-refractivity contribution in [2.75, 3.05) is 19.6 Å². The summed E-state index contributed by atoms with van der Waals surface area (Å²) in [4.78, 5) is 14.1. The number of aromatic nitrogens is 2. The van der Waals surface area contributed by atoms with E-state index in [4.69, 9.17) is 5.10 Å². The van der Waals surface area contributed by atoms with Gasteiger partial charge in [0.25, 0.3) is 0 Å². The molecule has 0 radical (unpaired) electrons. The molecule has 2 N–H and O–H groups in total. The SMILES string of the molecule is CCn1nc(Cc2ccc(F)cc2)cc1C1CCN(CC2CCC(NC(C(=O)O)C(C)C)C2)CC1. The third-order valence-electron chi connectivity index (χ3n) is 7.87. The minimum absolute atomic E-state index is 0.0957. The van der Waals surface area contributed by atoms with Gasteiger partial charge in [0.1, 0.15) is 11.9 Å². The Balaban J connectivity index is 1.27. The molecule has 1 aliphatic heterocycles. The topological polar surface area (TPSA) is 70.4 Å². The number of hydrogen-bond donors (Lipinski definition) is 2. The molecule has 0 spiro atoms. The number of hydrogen-bond acceptors (Lipinski definition) is 4. The van der Waals surface area contributed by atoms with E-state index >= 15 is 0 Å². The van der Waals surface area contributed by atoms with Crippen molar-refractivity contribution in [3.63, 3.8) is 0 Å². The number of carboxylic acid groups (broad SMARTS) is 1. The van der Waals surface area contributed by atoms with Crippen molar-refractivity contribution in [1.82, 2.24) is 20.0 Å². The second kappa shape index (κ2) is 11.7. The molecule has 35 heavy (non-hydrogen) atoms. The quantitative estimate of drug-likeness (QED) is 0.512. The lowest BCUT2D eigenvalue weighted by atomic mass is 9.92. The van der Waals surface area contributed by atoms with Crippen LogP contribution in [0.15, 0.2) is 30.3 Å². The van der Waals surface area contributed by atoms with Crippen LogP contribution in [0.1, 0.15) is 75.7 Å². The van der Waals surface area contributed by atoms with Gasteiger partial charge in [0.2, 0.25) is 0 Å². The summed E-state index contributed by atoms with van der Waals surface area (Å²) in [5, 5.41) is 17.7. The van der Waals surface area contributed by atoms with Crippen LogP contribution in [0.2, 0.25) is 0 Å². The van der Waals surface area contributed by atoms with Gasteiger partial charge in [-0.1, -0.05) is 26.0 Å². The zero-order valence-electron chi connectivity index (χ0n) is 21.4. The molecule has 2 aliphatic rings. The maximum Gasteiger partial charge on any atom is 0.320 e. The predicted octanol–water partition coefficient (Wildman–Crippen LogP) is 4.68. The summed E-state index contributed by atoms with van der Waals surface area (Å²) in [6.07, 6.45) is 6.35. The number of nitrogens with zero attached hydrogens (tertiary/aromatic N) is 3. The number of carboxylic acids is 1. The number of aryl methyl sites for hydroxylation is 1. The van der Waals surface area contributed by atoms with E-state index in [0.29, 0.717) is 17.9 Å². The predicted molar refractivity (Wildman–Crippen MR) is 136 cm³/mol. The minimum Gasteiger partial charge on any atom is -0.480 e. The molecule has 192 valence electrons. The molecule has 2 fully saturated rings. The van der Waals surface area contributed by atoms with Crippen LogP contribution in [0.5, 0.6) is 0 Å². The van der Waals surface area contributed by atoms with Gasteiger partial charge in [-0.2, -0.15) is 5.10 Å². The maximum atomic E-state index is 13.2. The summed E-state index contributed by atoms with van der Waals surface area (Å²) < 4.78 is 15.4. The van der Waals surface area contributed by atoms with Crippen molar-refractivity contribution in [3.8, 4) is 0 Å². The first-order chi connectivity index (χ1) is 16.8. The van der Waals surface area contributed by atoms with Crippen molar-refractivity contribution < 1.29 is 14.3 Å². The van der Waals surface area contributed by atoms with Crippen LogP contribution >= 0.6 is 0 Å². The zero-order valence-corrected chi connectivity index (χ0v) is 21.4. The molecule has 1 aromatic carbocycles. The molecule has 6 nitrogen and oxygen atoms in total. The van der Waals surface area contributed by atoms with Crippen molar-refractivity contribution in [2.24, 2.45) is 11.8 Å². The third-order valence-corrected chi connectivity index (χ3v) is 7.87. The van der Waals surface area contributed by atoms with E-state index in [1.807, 2.05) is 26.0 Å². The second-order valence-corrected chi connectivity index (χ2v) is 10.9. The highest BCUT2D eigenvalue weighted by Gasteiger charge is 2.32. The van der Waals surface area contributed by atoms with Gasteiger partial charge >= 0.3 is 5.97 Å². The first-order valence-electron chi connectivity index (χ1n) is 13.3. The van der Waals surface area contributed by atoms with Gasteiger partial charge in [-0.15, -0.1) is 0 Å². The van der Waals surface area contributed by atoms with Gasteiger partial charge in [0.15, 0.2) is 0 Å². The second-order valence-electron chi connectivity index (χ2n) is 10.9. The molecule has 3 atom stereocenters. The molecule has 1 saturated carbocycles. The van der Waals surface area contributed by atoms with E-state index < -0.39 is 12.0 Å². The number of benzene rings is 1. The van der Waals surface area contributed by atoms with E-state index in [1.165, 1.54) is 24.2 Å². The Morgan fingerprint density at radius 1 is 1.17 bits per heavy atom. The summed E-state index contributed by atoms with van der Waals surface area (Å²) in [5.41, 5.74) is 3.48. The van der Waals surface area contributed by atoms with Gasteiger partial charge < -0.3 is 15.3 Å². The highest BCUT2D eigenvalue weighted by Crippen LogP contribution is 2.32. The summed E-state index contributed by atoms with van der Waals surface area (Å²) in [6, 6.07) is 8.83. The Kier molecular flexibility index (Phi) is 8.60. The molecule has 1 aliphatic carbocycles. The fourth-order valence-electron chi connectivity index (χ4n) is 5.94. The molecular formula is C28H41FN4O2. The van der Waals surface area contributed by atoms with E-state index in [0.717, 1.165) is 69.5 Å². The third kappa shape index (κ3) is 6.70. The number of piperidine rings is 1. The van der Waals surface area contributed by atoms with Gasteiger partial charge in [-0.25, -0.2) is 4.39 Å². The highest BCUT2D eigenvalue weighted by atomic mass is 19.1. The zero-order chi connectivity index (χ0) is 24.9. The maximum absolute atomic E-state index is 13.2. The first-order valence-corrected chi connectivity index (χ1v) is 13.3. The van der Waals surface area contributed by atoms with Crippen molar-refractivity contribution in [1.29, 1.82) is 0 Å². The highest BCUT2D eigenvalue weighted by molar-refractivity contribution is 5.73. The van der Waals surface area contributed by atoms with Crippen LogP contribution in [0.25, 0.3) is 0 Å². The van der Waals surface area contributed by atoms with Crippen LogP contribution in [0.3, 0.4) is 0 Å². The molecule has 2 aromatic rings. The number of nitrogens with one attached hydrogen (secondary N) is 1. The smallest absolute Gasteiger partial charge is 0.320 e. The molecule has 1 saturated heterocycles.